The standard InChI is InChI=1S/C13H25N2O8P/c1-14-11(17)5-6-15(9-16)12(7-19-2)23-13(8-20-3)22-10-24(18)21-4/h5-6,9,12-13,18H,7-8,10H2,1-4H3,(H,14,17)/b6-5-. The van der Waals surface area contributed by atoms with E-state index >= 15 is 0 Å². The summed E-state index contributed by atoms with van der Waals surface area (Å²) in [6, 6.07) is 0. The Morgan fingerprint density at radius 1 is 1.29 bits per heavy atom. The first kappa shape index (κ1) is 22.9. The van der Waals surface area contributed by atoms with Crippen molar-refractivity contribution in [1.29, 1.82) is 0 Å². The van der Waals surface area contributed by atoms with Crippen LogP contribution in [0.25, 0.3) is 0 Å². The third-order valence-corrected chi connectivity index (χ3v) is 3.39. The van der Waals surface area contributed by atoms with Crippen molar-refractivity contribution in [3.05, 3.63) is 12.3 Å². The van der Waals surface area contributed by atoms with Crippen LogP contribution in [0.2, 0.25) is 0 Å². The zero-order valence-corrected chi connectivity index (χ0v) is 15.1. The molecule has 0 bridgehead atoms. The van der Waals surface area contributed by atoms with Gasteiger partial charge >= 0.3 is 0 Å². The predicted molar refractivity (Wildman–Crippen MR) is 85.6 cm³/mol. The molecule has 0 aliphatic rings. The Kier molecular flexibility index (Phi) is 13.6. The maximum absolute atomic E-state index is 11.3. The normalized spacial score (nSPS) is 15.0. The molecule has 0 saturated heterocycles. The molecule has 3 unspecified atom stereocenters. The van der Waals surface area contributed by atoms with E-state index in [2.05, 4.69) is 5.32 Å². The summed E-state index contributed by atoms with van der Waals surface area (Å²) in [6.07, 6.45) is 1.09. The molecular formula is C13H25N2O8P. The maximum Gasteiger partial charge on any atom is 0.245 e. The smallest absolute Gasteiger partial charge is 0.245 e. The molecule has 0 aromatic carbocycles. The molecule has 10 nitrogen and oxygen atoms in total. The van der Waals surface area contributed by atoms with Gasteiger partial charge in [-0.05, 0) is 0 Å². The highest BCUT2D eigenvalue weighted by Crippen LogP contribution is 2.30. The largest absolute Gasteiger partial charge is 0.380 e. The number of carbonyl (C=O) groups is 2. The minimum absolute atomic E-state index is 0.0264. The molecule has 0 aromatic rings. The second-order valence-electron chi connectivity index (χ2n) is 4.24. The molecular weight excluding hydrogens is 343 g/mol. The summed E-state index contributed by atoms with van der Waals surface area (Å²) in [7, 11) is 3.98. The summed E-state index contributed by atoms with van der Waals surface area (Å²) < 4.78 is 25.7. The molecule has 0 fully saturated rings. The van der Waals surface area contributed by atoms with Crippen LogP contribution in [0.3, 0.4) is 0 Å². The molecule has 24 heavy (non-hydrogen) atoms. The Bertz CT molecular complexity index is 385. The van der Waals surface area contributed by atoms with Crippen LogP contribution >= 0.6 is 8.38 Å². The lowest BCUT2D eigenvalue weighted by Crippen LogP contribution is -2.41. The molecule has 0 aromatic heterocycles. The topological polar surface area (TPSA) is 116 Å². The maximum atomic E-state index is 11.3. The minimum Gasteiger partial charge on any atom is -0.380 e. The summed E-state index contributed by atoms with van der Waals surface area (Å²) in [5.74, 6) is -0.381. The van der Waals surface area contributed by atoms with Crippen LogP contribution in [-0.4, -0.2) is 82.6 Å². The van der Waals surface area contributed by atoms with E-state index in [0.29, 0.717) is 6.41 Å². The highest BCUT2D eigenvalue weighted by atomic mass is 31.2. The summed E-state index contributed by atoms with van der Waals surface area (Å²) in [5.41, 5.74) is 0. The number of ether oxygens (including phenoxy) is 4. The van der Waals surface area contributed by atoms with Crippen LogP contribution in [0.1, 0.15) is 0 Å². The van der Waals surface area contributed by atoms with Crippen molar-refractivity contribution < 1.29 is 38.0 Å². The lowest BCUT2D eigenvalue weighted by atomic mass is 10.4. The second-order valence-corrected chi connectivity index (χ2v) is 5.57. The van der Waals surface area contributed by atoms with Crippen LogP contribution in [0.5, 0.6) is 0 Å². The summed E-state index contributed by atoms with van der Waals surface area (Å²) >= 11 is 0. The molecule has 0 rings (SSSR count). The van der Waals surface area contributed by atoms with E-state index in [4.69, 9.17) is 23.5 Å². The van der Waals surface area contributed by atoms with Gasteiger partial charge in [0, 0.05) is 40.7 Å². The van der Waals surface area contributed by atoms with Gasteiger partial charge in [0.1, 0.15) is 6.35 Å². The van der Waals surface area contributed by atoms with Gasteiger partial charge in [-0.2, -0.15) is 0 Å². The van der Waals surface area contributed by atoms with Crippen molar-refractivity contribution in [2.24, 2.45) is 0 Å². The lowest BCUT2D eigenvalue weighted by Gasteiger charge is -2.29. The SMILES string of the molecule is CNC(=O)/C=C\N(C=O)C(COC)OC(COC)OCP(O)OC. The average Bonchev–Trinajstić information content (AvgIpc) is 2.59. The van der Waals surface area contributed by atoms with E-state index in [1.807, 2.05) is 0 Å². The zero-order valence-electron chi connectivity index (χ0n) is 14.2. The second kappa shape index (κ2) is 14.2. The molecule has 2 N–H and O–H groups in total. The van der Waals surface area contributed by atoms with Gasteiger partial charge in [0.05, 0.1) is 13.2 Å². The average molecular weight is 368 g/mol. The van der Waals surface area contributed by atoms with Crippen molar-refractivity contribution in [3.8, 4) is 0 Å². The fourth-order valence-electron chi connectivity index (χ4n) is 1.41. The van der Waals surface area contributed by atoms with Crippen LogP contribution in [0.4, 0.5) is 0 Å². The first-order valence-electron chi connectivity index (χ1n) is 6.90. The fraction of sp³-hybridized carbons (Fsp3) is 0.692. The van der Waals surface area contributed by atoms with Gasteiger partial charge in [0.15, 0.2) is 20.9 Å². The Balaban J connectivity index is 4.91. The molecule has 0 heterocycles. The van der Waals surface area contributed by atoms with Crippen LogP contribution in [-0.2, 0) is 33.1 Å². The van der Waals surface area contributed by atoms with Crippen LogP contribution in [0.15, 0.2) is 12.3 Å². The van der Waals surface area contributed by atoms with Crippen molar-refractivity contribution in [1.82, 2.24) is 10.2 Å². The number of hydrogen-bond acceptors (Lipinski definition) is 8. The Labute approximate surface area is 142 Å². The molecule has 0 radical (unpaired) electrons. The third-order valence-electron chi connectivity index (χ3n) is 2.60. The zero-order chi connectivity index (χ0) is 18.4. The Hall–Kier alpha value is -1.13. The number of rotatable bonds is 14. The van der Waals surface area contributed by atoms with Gasteiger partial charge in [-0.1, -0.05) is 0 Å². The van der Waals surface area contributed by atoms with E-state index in [1.54, 1.807) is 0 Å². The number of likely N-dealkylation sites (N-methyl/N-ethyl adjacent to an activating group) is 1. The first-order chi connectivity index (χ1) is 11.5. The van der Waals surface area contributed by atoms with Gasteiger partial charge in [0.25, 0.3) is 0 Å². The quantitative estimate of drug-likeness (QED) is 0.184. The van der Waals surface area contributed by atoms with Crippen molar-refractivity contribution in [3.63, 3.8) is 0 Å². The van der Waals surface area contributed by atoms with E-state index in [1.165, 1.54) is 40.7 Å². The number of methoxy groups -OCH3 is 2. The van der Waals surface area contributed by atoms with Gasteiger partial charge in [-0.15, -0.1) is 0 Å². The summed E-state index contributed by atoms with van der Waals surface area (Å²) in [4.78, 5) is 33.0. The van der Waals surface area contributed by atoms with E-state index in [-0.39, 0.29) is 25.5 Å². The molecule has 3 atom stereocenters. The molecule has 11 heteroatoms. The van der Waals surface area contributed by atoms with Gasteiger partial charge < -0.3 is 33.7 Å². The monoisotopic (exact) mass is 368 g/mol. The van der Waals surface area contributed by atoms with E-state index in [0.717, 1.165) is 4.90 Å². The summed E-state index contributed by atoms with van der Waals surface area (Å²) in [6.45, 7) is 0.0809. The number of hydrogen-bond donors (Lipinski definition) is 2. The molecule has 140 valence electrons. The number of nitrogens with one attached hydrogen (secondary N) is 1. The fourth-order valence-corrected chi connectivity index (χ4v) is 1.81. The van der Waals surface area contributed by atoms with Gasteiger partial charge in [0.2, 0.25) is 12.3 Å². The van der Waals surface area contributed by atoms with Gasteiger partial charge in [-0.3, -0.25) is 14.5 Å². The molecule has 0 aliphatic carbocycles. The molecule has 0 spiro atoms. The van der Waals surface area contributed by atoms with Crippen molar-refractivity contribution >= 4 is 20.7 Å². The van der Waals surface area contributed by atoms with Gasteiger partial charge in [-0.25, -0.2) is 0 Å². The van der Waals surface area contributed by atoms with Crippen LogP contribution < -0.4 is 5.32 Å². The minimum atomic E-state index is -1.73. The Morgan fingerprint density at radius 3 is 2.46 bits per heavy atom. The first-order valence-corrected chi connectivity index (χ1v) is 8.30. The Morgan fingerprint density at radius 2 is 1.96 bits per heavy atom. The number of amides is 2. The highest BCUT2D eigenvalue weighted by molar-refractivity contribution is 7.45. The lowest BCUT2D eigenvalue weighted by molar-refractivity contribution is -0.217. The third kappa shape index (κ3) is 9.89. The number of nitrogens with zero attached hydrogens (tertiary/aromatic N) is 1. The number of carbonyl (C=O) groups excluding carboxylic acids is 2. The van der Waals surface area contributed by atoms with E-state index in [9.17, 15) is 14.5 Å². The highest BCUT2D eigenvalue weighted by Gasteiger charge is 2.23. The predicted octanol–water partition coefficient (Wildman–Crippen LogP) is -0.409. The van der Waals surface area contributed by atoms with Crippen molar-refractivity contribution in [2.45, 2.75) is 12.5 Å². The molecule has 2 amide bonds. The van der Waals surface area contributed by atoms with Crippen molar-refractivity contribution in [2.75, 3.05) is 47.9 Å². The summed E-state index contributed by atoms with van der Waals surface area (Å²) in [5, 5.41) is 2.39. The van der Waals surface area contributed by atoms with E-state index < -0.39 is 20.9 Å². The molecule has 0 saturated carbocycles. The molecule has 0 aliphatic heterocycles. The van der Waals surface area contributed by atoms with Crippen LogP contribution in [0, 0.1) is 0 Å².